The number of rotatable bonds is 5. The van der Waals surface area contributed by atoms with Crippen LogP contribution in [0.2, 0.25) is 0 Å². The van der Waals surface area contributed by atoms with E-state index in [0.717, 1.165) is 19.4 Å². The highest BCUT2D eigenvalue weighted by Gasteiger charge is 2.29. The zero-order valence-corrected chi connectivity index (χ0v) is 13.4. The lowest BCUT2D eigenvalue weighted by Crippen LogP contribution is -2.40. The highest BCUT2D eigenvalue weighted by molar-refractivity contribution is 9.10. The first-order chi connectivity index (χ1) is 8.55. The molecule has 1 atom stereocenters. The van der Waals surface area contributed by atoms with Gasteiger partial charge in [0.2, 0.25) is 0 Å². The van der Waals surface area contributed by atoms with Crippen molar-refractivity contribution in [2.75, 3.05) is 19.6 Å². The predicted octanol–water partition coefficient (Wildman–Crippen LogP) is 2.27. The van der Waals surface area contributed by atoms with E-state index < -0.39 is 10.0 Å². The molecule has 0 bridgehead atoms. The van der Waals surface area contributed by atoms with Crippen LogP contribution in [0.5, 0.6) is 0 Å². The Morgan fingerprint density at radius 1 is 1.61 bits per heavy atom. The van der Waals surface area contributed by atoms with Gasteiger partial charge in [-0.3, -0.25) is 0 Å². The molecule has 2 heterocycles. The second-order valence-electron chi connectivity index (χ2n) is 4.30. The Bertz CT molecular complexity index is 495. The first kappa shape index (κ1) is 14.5. The van der Waals surface area contributed by atoms with Crippen LogP contribution in [0.15, 0.2) is 20.1 Å². The van der Waals surface area contributed by atoms with Crippen LogP contribution in [-0.4, -0.2) is 38.4 Å². The van der Waals surface area contributed by atoms with Gasteiger partial charge in [-0.2, -0.15) is 4.31 Å². The van der Waals surface area contributed by atoms with Crippen LogP contribution < -0.4 is 5.32 Å². The minimum Gasteiger partial charge on any atom is -0.313 e. The van der Waals surface area contributed by atoms with Gasteiger partial charge in [-0.05, 0) is 46.8 Å². The molecule has 7 heteroatoms. The summed E-state index contributed by atoms with van der Waals surface area (Å²) < 4.78 is 27.6. The summed E-state index contributed by atoms with van der Waals surface area (Å²) in [7, 11) is -3.36. The van der Waals surface area contributed by atoms with Gasteiger partial charge in [0.05, 0.1) is 0 Å². The van der Waals surface area contributed by atoms with Crippen LogP contribution in [0, 0.1) is 0 Å². The number of thiophene rings is 1. The van der Waals surface area contributed by atoms with E-state index in [2.05, 4.69) is 21.2 Å². The van der Waals surface area contributed by atoms with Gasteiger partial charge in [-0.15, -0.1) is 11.3 Å². The van der Waals surface area contributed by atoms with E-state index in [-0.39, 0.29) is 0 Å². The molecule has 1 aromatic heterocycles. The average Bonchev–Trinajstić information content (AvgIpc) is 2.96. The second kappa shape index (κ2) is 6.00. The highest BCUT2D eigenvalue weighted by atomic mass is 79.9. The van der Waals surface area contributed by atoms with Gasteiger partial charge in [0.15, 0.2) is 0 Å². The summed E-state index contributed by atoms with van der Waals surface area (Å²) in [4.78, 5) is 0. The SMILES string of the molecule is CCN(CC1CCCN1)S(=O)(=O)c1sccc1Br. The fourth-order valence-electron chi connectivity index (χ4n) is 2.14. The van der Waals surface area contributed by atoms with Crippen molar-refractivity contribution in [1.82, 2.24) is 9.62 Å². The Morgan fingerprint density at radius 3 is 2.89 bits per heavy atom. The van der Waals surface area contributed by atoms with Crippen molar-refractivity contribution >= 4 is 37.3 Å². The van der Waals surface area contributed by atoms with Crippen molar-refractivity contribution in [3.8, 4) is 0 Å². The van der Waals surface area contributed by atoms with Crippen LogP contribution in [-0.2, 0) is 10.0 Å². The lowest BCUT2D eigenvalue weighted by Gasteiger charge is -2.23. The first-order valence-electron chi connectivity index (χ1n) is 6.02. The maximum absolute atomic E-state index is 12.5. The maximum atomic E-state index is 12.5. The van der Waals surface area contributed by atoms with Crippen molar-refractivity contribution in [2.24, 2.45) is 0 Å². The minimum absolute atomic E-state index is 0.290. The molecule has 1 unspecified atom stereocenters. The quantitative estimate of drug-likeness (QED) is 0.884. The number of hydrogen-bond donors (Lipinski definition) is 1. The summed E-state index contributed by atoms with van der Waals surface area (Å²) in [6.07, 6.45) is 2.18. The largest absolute Gasteiger partial charge is 0.313 e. The standard InChI is InChI=1S/C11H17BrN2O2S2/c1-2-14(8-9-4-3-6-13-9)18(15,16)11-10(12)5-7-17-11/h5,7,9,13H,2-4,6,8H2,1H3. The third-order valence-electron chi connectivity index (χ3n) is 3.10. The molecular weight excluding hydrogens is 336 g/mol. The van der Waals surface area contributed by atoms with Gasteiger partial charge < -0.3 is 5.32 Å². The van der Waals surface area contributed by atoms with Crippen molar-refractivity contribution < 1.29 is 8.42 Å². The Kier molecular flexibility index (Phi) is 4.82. The summed E-state index contributed by atoms with van der Waals surface area (Å²) in [5.41, 5.74) is 0. The second-order valence-corrected chi connectivity index (χ2v) is 8.21. The third-order valence-corrected chi connectivity index (χ3v) is 7.69. The number of nitrogens with zero attached hydrogens (tertiary/aromatic N) is 1. The third kappa shape index (κ3) is 2.96. The number of halogens is 1. The Hall–Kier alpha value is 0.0500. The lowest BCUT2D eigenvalue weighted by molar-refractivity contribution is 0.383. The van der Waals surface area contributed by atoms with Gasteiger partial charge in [-0.1, -0.05) is 6.92 Å². The number of likely N-dealkylation sites (N-methyl/N-ethyl adjacent to an activating group) is 1. The van der Waals surface area contributed by atoms with Gasteiger partial charge in [0.25, 0.3) is 10.0 Å². The average molecular weight is 353 g/mol. The minimum atomic E-state index is -3.36. The van der Waals surface area contributed by atoms with E-state index in [1.165, 1.54) is 11.3 Å². The summed E-state index contributed by atoms with van der Waals surface area (Å²) in [6.45, 7) is 3.94. The molecule has 0 amide bonds. The Morgan fingerprint density at radius 2 is 2.39 bits per heavy atom. The van der Waals surface area contributed by atoms with E-state index >= 15 is 0 Å². The summed E-state index contributed by atoms with van der Waals surface area (Å²) in [6, 6.07) is 2.07. The fraction of sp³-hybridized carbons (Fsp3) is 0.636. The number of hydrogen-bond acceptors (Lipinski definition) is 4. The first-order valence-corrected chi connectivity index (χ1v) is 9.13. The maximum Gasteiger partial charge on any atom is 0.253 e. The van der Waals surface area contributed by atoms with Crippen molar-refractivity contribution in [3.05, 3.63) is 15.9 Å². The van der Waals surface area contributed by atoms with E-state index in [9.17, 15) is 8.42 Å². The van der Waals surface area contributed by atoms with E-state index in [4.69, 9.17) is 0 Å². The molecule has 1 fully saturated rings. The van der Waals surface area contributed by atoms with E-state index in [1.807, 2.05) is 6.92 Å². The summed E-state index contributed by atoms with van der Waals surface area (Å²) in [5, 5.41) is 5.13. The van der Waals surface area contributed by atoms with E-state index in [0.29, 0.717) is 27.8 Å². The molecule has 0 saturated carbocycles. The fourth-order valence-corrected chi connectivity index (χ4v) is 6.08. The molecule has 18 heavy (non-hydrogen) atoms. The molecule has 0 aromatic carbocycles. The van der Waals surface area contributed by atoms with Crippen molar-refractivity contribution in [2.45, 2.75) is 30.0 Å². The molecule has 1 N–H and O–H groups in total. The van der Waals surface area contributed by atoms with Crippen LogP contribution in [0.1, 0.15) is 19.8 Å². The Balaban J connectivity index is 2.18. The normalized spacial score (nSPS) is 20.7. The molecule has 1 aliphatic rings. The molecule has 1 aliphatic heterocycles. The van der Waals surface area contributed by atoms with Crippen LogP contribution in [0.3, 0.4) is 0 Å². The number of sulfonamides is 1. The molecule has 4 nitrogen and oxygen atoms in total. The number of nitrogens with one attached hydrogen (secondary N) is 1. The molecule has 0 aliphatic carbocycles. The monoisotopic (exact) mass is 352 g/mol. The summed E-state index contributed by atoms with van der Waals surface area (Å²) >= 11 is 4.56. The molecule has 1 saturated heterocycles. The highest BCUT2D eigenvalue weighted by Crippen LogP contribution is 2.30. The van der Waals surface area contributed by atoms with Crippen LogP contribution >= 0.6 is 27.3 Å². The molecule has 0 spiro atoms. The van der Waals surface area contributed by atoms with Gasteiger partial charge in [-0.25, -0.2) is 8.42 Å². The van der Waals surface area contributed by atoms with Crippen LogP contribution in [0.4, 0.5) is 0 Å². The lowest BCUT2D eigenvalue weighted by atomic mass is 10.2. The molecular formula is C11H17BrN2O2S2. The van der Waals surface area contributed by atoms with Gasteiger partial charge in [0, 0.05) is 23.6 Å². The molecule has 1 aromatic rings. The van der Waals surface area contributed by atoms with Crippen molar-refractivity contribution in [1.29, 1.82) is 0 Å². The van der Waals surface area contributed by atoms with E-state index in [1.54, 1.807) is 15.8 Å². The zero-order chi connectivity index (χ0) is 13.2. The van der Waals surface area contributed by atoms with Crippen LogP contribution in [0.25, 0.3) is 0 Å². The van der Waals surface area contributed by atoms with Gasteiger partial charge >= 0.3 is 0 Å². The molecule has 2 rings (SSSR count). The smallest absolute Gasteiger partial charge is 0.253 e. The van der Waals surface area contributed by atoms with Gasteiger partial charge in [0.1, 0.15) is 4.21 Å². The molecule has 0 radical (unpaired) electrons. The topological polar surface area (TPSA) is 49.4 Å². The van der Waals surface area contributed by atoms with Crippen molar-refractivity contribution in [3.63, 3.8) is 0 Å². The predicted molar refractivity (Wildman–Crippen MR) is 77.5 cm³/mol. The summed E-state index contributed by atoms with van der Waals surface area (Å²) in [5.74, 6) is 0. The Labute approximate surface area is 121 Å². The zero-order valence-electron chi connectivity index (χ0n) is 10.2. The molecule has 102 valence electrons.